The van der Waals surface area contributed by atoms with E-state index in [4.69, 9.17) is 18.1 Å². The smallest absolute Gasteiger partial charge is 0.237 e. The molecule has 0 bridgehead atoms. The minimum atomic E-state index is -1.51. The van der Waals surface area contributed by atoms with Gasteiger partial charge in [0.05, 0.1) is 7.21 Å². The first-order valence-electron chi connectivity index (χ1n) is 4.73. The van der Waals surface area contributed by atoms with Gasteiger partial charge in [-0.2, -0.15) is 0 Å². The number of hydrogen-bond acceptors (Lipinski definition) is 4. The zero-order valence-electron chi connectivity index (χ0n) is 10.6. The molecule has 0 saturated heterocycles. The minimum absolute atomic E-state index is 0.574. The summed E-state index contributed by atoms with van der Waals surface area (Å²) in [5.41, 5.74) is 0. The average molecular weight is 285 g/mol. The first-order chi connectivity index (χ1) is 6.52. The van der Waals surface area contributed by atoms with Gasteiger partial charge < -0.3 is 0 Å². The van der Waals surface area contributed by atoms with Crippen molar-refractivity contribution < 1.29 is 0 Å². The molecule has 0 saturated carbocycles. The molecular weight excluding hydrogens is 264 g/mol. The van der Waals surface area contributed by atoms with Crippen LogP contribution in [0.25, 0.3) is 0 Å². The zero-order chi connectivity index (χ0) is 11.9. The van der Waals surface area contributed by atoms with E-state index in [9.17, 15) is 0 Å². The number of nitrogens with zero attached hydrogens (tertiary/aromatic N) is 4. The normalized spacial score (nSPS) is 29.7. The highest BCUT2D eigenvalue weighted by Gasteiger charge is 2.22. The Hall–Kier alpha value is 0.790. The first-order valence-corrected chi connectivity index (χ1v) is 14.2. The Morgan fingerprint density at radius 1 is 0.733 bits per heavy atom. The SMILES string of the molecule is C[P+]1=NP(C)(C)=NP(C)(C)=NP(C)(C)=N1. The molecule has 1 atom stereocenters. The van der Waals surface area contributed by atoms with Crippen molar-refractivity contribution in [2.75, 3.05) is 46.7 Å². The molecule has 0 aromatic rings. The third-order valence-electron chi connectivity index (χ3n) is 1.57. The van der Waals surface area contributed by atoms with Crippen molar-refractivity contribution in [3.05, 3.63) is 0 Å². The fraction of sp³-hybridized carbons (Fsp3) is 1.00. The van der Waals surface area contributed by atoms with E-state index in [1.165, 1.54) is 0 Å². The van der Waals surface area contributed by atoms with Gasteiger partial charge in [0.15, 0.2) is 0 Å². The lowest BCUT2D eigenvalue weighted by molar-refractivity contribution is 1.64. The van der Waals surface area contributed by atoms with Gasteiger partial charge in [-0.25, -0.2) is 9.03 Å². The Morgan fingerprint density at radius 2 is 1.20 bits per heavy atom. The van der Waals surface area contributed by atoms with Crippen molar-refractivity contribution >= 4 is 29.5 Å². The van der Waals surface area contributed by atoms with Gasteiger partial charge in [0, 0.05) is 0 Å². The topological polar surface area (TPSA) is 49.4 Å². The second-order valence-electron chi connectivity index (χ2n) is 4.86. The summed E-state index contributed by atoms with van der Waals surface area (Å²) in [6.07, 6.45) is 0. The van der Waals surface area contributed by atoms with E-state index in [0.29, 0.717) is 0 Å². The number of rotatable bonds is 0. The summed E-state index contributed by atoms with van der Waals surface area (Å²) >= 11 is 0. The average Bonchev–Trinajstić information content (AvgIpc) is 1.71. The van der Waals surface area contributed by atoms with Crippen molar-refractivity contribution in [1.82, 2.24) is 0 Å². The van der Waals surface area contributed by atoms with Gasteiger partial charge in [-0.1, -0.05) is 0 Å². The lowest BCUT2D eigenvalue weighted by Gasteiger charge is -2.17. The lowest BCUT2D eigenvalue weighted by Crippen LogP contribution is -1.78. The van der Waals surface area contributed by atoms with E-state index >= 15 is 0 Å². The molecule has 88 valence electrons. The van der Waals surface area contributed by atoms with Crippen LogP contribution in [-0.2, 0) is 0 Å². The fourth-order valence-corrected chi connectivity index (χ4v) is 17.3. The van der Waals surface area contributed by atoms with Crippen molar-refractivity contribution in [3.63, 3.8) is 0 Å². The van der Waals surface area contributed by atoms with Crippen molar-refractivity contribution in [3.8, 4) is 0 Å². The highest BCUT2D eigenvalue weighted by molar-refractivity contribution is 7.83. The predicted molar refractivity (Wildman–Crippen MR) is 78.9 cm³/mol. The van der Waals surface area contributed by atoms with Crippen LogP contribution in [-0.4, -0.2) is 46.7 Å². The van der Waals surface area contributed by atoms with Crippen LogP contribution < -0.4 is 0 Å². The second kappa shape index (κ2) is 4.23. The molecule has 0 aromatic carbocycles. The third-order valence-corrected chi connectivity index (χ3v) is 14.1. The van der Waals surface area contributed by atoms with Crippen molar-refractivity contribution in [2.45, 2.75) is 0 Å². The van der Waals surface area contributed by atoms with Crippen molar-refractivity contribution in [1.29, 1.82) is 0 Å². The quantitative estimate of drug-likeness (QED) is 0.539. The van der Waals surface area contributed by atoms with Crippen LogP contribution in [0.4, 0.5) is 0 Å². The van der Waals surface area contributed by atoms with Crippen LogP contribution in [0.5, 0.6) is 0 Å². The summed E-state index contributed by atoms with van der Waals surface area (Å²) in [7, 11) is -5.05. The largest absolute Gasteiger partial charge is 0.348 e. The monoisotopic (exact) mass is 285 g/mol. The molecule has 4 nitrogen and oxygen atoms in total. The molecule has 1 aliphatic rings. The summed E-state index contributed by atoms with van der Waals surface area (Å²) < 4.78 is 19.4. The van der Waals surface area contributed by atoms with Crippen LogP contribution in [0.15, 0.2) is 18.1 Å². The third kappa shape index (κ3) is 4.66. The van der Waals surface area contributed by atoms with E-state index in [-0.39, 0.29) is 0 Å². The van der Waals surface area contributed by atoms with Crippen LogP contribution in [0, 0.1) is 0 Å². The maximum atomic E-state index is 4.92. The van der Waals surface area contributed by atoms with E-state index in [0.717, 1.165) is 0 Å². The van der Waals surface area contributed by atoms with Crippen molar-refractivity contribution in [2.24, 2.45) is 18.1 Å². The molecule has 1 heterocycles. The molecule has 1 rings (SSSR count). The zero-order valence-corrected chi connectivity index (χ0v) is 14.2. The summed E-state index contributed by atoms with van der Waals surface area (Å²) in [5, 5.41) is 0. The van der Waals surface area contributed by atoms with E-state index < -0.39 is 29.5 Å². The lowest BCUT2D eigenvalue weighted by atomic mass is 11.9. The van der Waals surface area contributed by atoms with Crippen LogP contribution in [0.2, 0.25) is 0 Å². The highest BCUT2D eigenvalue weighted by atomic mass is 31.2. The summed E-state index contributed by atoms with van der Waals surface area (Å²) in [5.74, 6) is 0. The second-order valence-corrected chi connectivity index (χ2v) is 16.7. The summed E-state index contributed by atoms with van der Waals surface area (Å²) in [4.78, 5) is 0. The van der Waals surface area contributed by atoms with Crippen LogP contribution in [0.3, 0.4) is 0 Å². The van der Waals surface area contributed by atoms with Gasteiger partial charge in [0.1, 0.15) is 21.1 Å². The van der Waals surface area contributed by atoms with E-state index in [1.807, 2.05) is 0 Å². The molecular formula is C7H21N4P4+. The maximum absolute atomic E-state index is 4.92. The van der Waals surface area contributed by atoms with E-state index in [1.54, 1.807) is 0 Å². The molecule has 1 unspecified atom stereocenters. The fourth-order valence-electron chi connectivity index (χ4n) is 1.78. The Balaban J connectivity index is 3.53. The molecule has 1 aliphatic heterocycles. The molecule has 0 amide bonds. The predicted octanol–water partition coefficient (Wildman–Crippen LogP) is 5.34. The van der Waals surface area contributed by atoms with Gasteiger partial charge in [-0.15, -0.1) is 0 Å². The molecule has 0 N–H and O–H groups in total. The maximum Gasteiger partial charge on any atom is 0.348 e. The van der Waals surface area contributed by atoms with Gasteiger partial charge in [-0.05, 0) is 49.0 Å². The molecule has 0 aromatic heterocycles. The van der Waals surface area contributed by atoms with Crippen LogP contribution >= 0.6 is 29.5 Å². The minimum Gasteiger partial charge on any atom is -0.237 e. The Kier molecular flexibility index (Phi) is 3.91. The molecule has 15 heavy (non-hydrogen) atoms. The Morgan fingerprint density at radius 3 is 1.73 bits per heavy atom. The summed E-state index contributed by atoms with van der Waals surface area (Å²) in [6.45, 7) is 15.1. The van der Waals surface area contributed by atoms with Gasteiger partial charge in [0.2, 0.25) is 0 Å². The molecule has 0 spiro atoms. The molecule has 0 fully saturated rings. The Labute approximate surface area is 94.5 Å². The Bertz CT molecular complexity index is 453. The molecule has 0 radical (unpaired) electrons. The van der Waals surface area contributed by atoms with Gasteiger partial charge >= 0.3 is 7.86 Å². The molecule has 8 heteroatoms. The standard InChI is InChI=1S/C7H21N4P4/c1-12-8-13(2,3)10-15(6,7)11-14(4,5)9-12/h1-7H3/q+1. The summed E-state index contributed by atoms with van der Waals surface area (Å²) in [6, 6.07) is 0. The van der Waals surface area contributed by atoms with E-state index in [2.05, 4.69) is 46.7 Å². The highest BCUT2D eigenvalue weighted by Crippen LogP contribution is 2.68. The van der Waals surface area contributed by atoms with Gasteiger partial charge in [-0.3, -0.25) is 0 Å². The molecule has 0 aliphatic carbocycles. The number of hydrogen-bond donors (Lipinski definition) is 0. The van der Waals surface area contributed by atoms with Crippen LogP contribution in [0.1, 0.15) is 0 Å². The first kappa shape index (κ1) is 13.9. The van der Waals surface area contributed by atoms with Gasteiger partial charge in [0.25, 0.3) is 0 Å².